The molecule has 0 aromatic heterocycles. The average Bonchev–Trinajstić information content (AvgIpc) is 2.75. The molecule has 3 rings (SSSR count). The van der Waals surface area contributed by atoms with Crippen molar-refractivity contribution in [2.45, 2.75) is 11.3 Å². The smallest absolute Gasteiger partial charge is 0.261 e. The van der Waals surface area contributed by atoms with Gasteiger partial charge in [0.1, 0.15) is 5.75 Å². The van der Waals surface area contributed by atoms with Gasteiger partial charge >= 0.3 is 0 Å². The highest BCUT2D eigenvalue weighted by Gasteiger charge is 2.18. The van der Waals surface area contributed by atoms with Crippen molar-refractivity contribution in [1.82, 2.24) is 5.32 Å². The molecule has 7 heteroatoms. The van der Waals surface area contributed by atoms with Crippen molar-refractivity contribution >= 4 is 21.6 Å². The Bertz CT molecular complexity index is 1070. The molecule has 3 aromatic carbocycles. The zero-order valence-corrected chi connectivity index (χ0v) is 16.8. The number of amides is 1. The Hall–Kier alpha value is -3.32. The van der Waals surface area contributed by atoms with Crippen molar-refractivity contribution in [2.24, 2.45) is 0 Å². The van der Waals surface area contributed by atoms with Gasteiger partial charge in [0.25, 0.3) is 15.9 Å². The molecule has 2 N–H and O–H groups in total. The van der Waals surface area contributed by atoms with E-state index < -0.39 is 10.0 Å². The van der Waals surface area contributed by atoms with Crippen LogP contribution in [0.4, 0.5) is 5.69 Å². The van der Waals surface area contributed by atoms with Gasteiger partial charge in [-0.3, -0.25) is 9.52 Å². The average molecular weight is 410 g/mol. The van der Waals surface area contributed by atoms with E-state index in [0.29, 0.717) is 13.0 Å². The second-order valence-corrected chi connectivity index (χ2v) is 8.00. The predicted molar refractivity (Wildman–Crippen MR) is 113 cm³/mol. The lowest BCUT2D eigenvalue weighted by Crippen LogP contribution is -2.27. The van der Waals surface area contributed by atoms with Crippen LogP contribution in [0.1, 0.15) is 15.9 Å². The quantitative estimate of drug-likeness (QED) is 0.596. The van der Waals surface area contributed by atoms with Gasteiger partial charge in [-0.15, -0.1) is 0 Å². The summed E-state index contributed by atoms with van der Waals surface area (Å²) in [6, 6.07) is 22.2. The number of anilines is 1. The van der Waals surface area contributed by atoms with Gasteiger partial charge in [-0.25, -0.2) is 8.42 Å². The van der Waals surface area contributed by atoms with Crippen LogP contribution in [0.25, 0.3) is 0 Å². The van der Waals surface area contributed by atoms with Gasteiger partial charge in [-0.1, -0.05) is 42.5 Å². The highest BCUT2D eigenvalue weighted by atomic mass is 32.2. The van der Waals surface area contributed by atoms with E-state index in [9.17, 15) is 13.2 Å². The van der Waals surface area contributed by atoms with E-state index in [0.717, 1.165) is 11.3 Å². The summed E-state index contributed by atoms with van der Waals surface area (Å²) in [6.45, 7) is 0.422. The molecular formula is C22H22N2O4S. The normalized spacial score (nSPS) is 10.9. The number of hydrogen-bond acceptors (Lipinski definition) is 4. The third-order valence-corrected chi connectivity index (χ3v) is 5.71. The minimum atomic E-state index is -3.78. The monoisotopic (exact) mass is 410 g/mol. The molecule has 29 heavy (non-hydrogen) atoms. The first-order chi connectivity index (χ1) is 14.0. The van der Waals surface area contributed by atoms with Crippen LogP contribution < -0.4 is 14.8 Å². The molecule has 0 fully saturated rings. The number of ether oxygens (including phenoxy) is 1. The highest BCUT2D eigenvalue weighted by Crippen LogP contribution is 2.20. The van der Waals surface area contributed by atoms with Crippen LogP contribution in [-0.2, 0) is 16.4 Å². The van der Waals surface area contributed by atoms with Crippen LogP contribution in [-0.4, -0.2) is 28.0 Å². The third kappa shape index (κ3) is 5.36. The zero-order valence-electron chi connectivity index (χ0n) is 16.0. The van der Waals surface area contributed by atoms with E-state index in [4.69, 9.17) is 4.74 Å². The van der Waals surface area contributed by atoms with Crippen molar-refractivity contribution in [2.75, 3.05) is 18.4 Å². The largest absolute Gasteiger partial charge is 0.497 e. The van der Waals surface area contributed by atoms with Crippen molar-refractivity contribution in [3.05, 3.63) is 90.0 Å². The molecule has 6 nitrogen and oxygen atoms in total. The third-order valence-electron chi connectivity index (χ3n) is 4.33. The summed E-state index contributed by atoms with van der Waals surface area (Å²) in [6.07, 6.45) is 0.646. The molecule has 0 aliphatic rings. The molecule has 0 saturated carbocycles. The van der Waals surface area contributed by atoms with Crippen LogP contribution in [0.5, 0.6) is 5.75 Å². The van der Waals surface area contributed by atoms with Crippen LogP contribution in [0.2, 0.25) is 0 Å². The molecule has 0 unspecified atom stereocenters. The zero-order chi connectivity index (χ0) is 20.7. The fourth-order valence-corrected chi connectivity index (χ4v) is 3.88. The van der Waals surface area contributed by atoms with Crippen molar-refractivity contribution < 1.29 is 17.9 Å². The lowest BCUT2D eigenvalue weighted by Gasteiger charge is -2.13. The Labute approximate surface area is 170 Å². The summed E-state index contributed by atoms with van der Waals surface area (Å²) in [5.41, 5.74) is 1.56. The van der Waals surface area contributed by atoms with Gasteiger partial charge in [0, 0.05) is 6.54 Å². The van der Waals surface area contributed by atoms with Gasteiger partial charge < -0.3 is 10.1 Å². The second kappa shape index (κ2) is 9.25. The van der Waals surface area contributed by atoms with E-state index in [1.54, 1.807) is 49.6 Å². The molecule has 1 amide bonds. The SMILES string of the molecule is COc1ccc(CCNC(=O)c2ccccc2NS(=O)(=O)c2ccccc2)cc1. The molecule has 0 spiro atoms. The predicted octanol–water partition coefficient (Wildman–Crippen LogP) is 3.47. The summed E-state index contributed by atoms with van der Waals surface area (Å²) in [4.78, 5) is 12.7. The Kier molecular flexibility index (Phi) is 6.51. The van der Waals surface area contributed by atoms with Crippen molar-refractivity contribution in [1.29, 1.82) is 0 Å². The summed E-state index contributed by atoms with van der Waals surface area (Å²) < 4.78 is 32.8. The molecule has 0 radical (unpaired) electrons. The number of methoxy groups -OCH3 is 1. The van der Waals surface area contributed by atoms with E-state index in [1.165, 1.54) is 12.1 Å². The number of carbonyl (C=O) groups is 1. The number of rotatable bonds is 8. The van der Waals surface area contributed by atoms with E-state index in [1.807, 2.05) is 24.3 Å². The van der Waals surface area contributed by atoms with Gasteiger partial charge in [0.05, 0.1) is 23.3 Å². The Balaban J connectivity index is 1.67. The van der Waals surface area contributed by atoms with Gasteiger partial charge in [0.2, 0.25) is 0 Å². The first-order valence-electron chi connectivity index (χ1n) is 9.07. The fraction of sp³-hybridized carbons (Fsp3) is 0.136. The van der Waals surface area contributed by atoms with Gasteiger partial charge in [0.15, 0.2) is 0 Å². The molecule has 0 aliphatic heterocycles. The molecule has 0 bridgehead atoms. The first kappa shape index (κ1) is 20.4. The maximum Gasteiger partial charge on any atom is 0.261 e. The lowest BCUT2D eigenvalue weighted by atomic mass is 10.1. The first-order valence-corrected chi connectivity index (χ1v) is 10.6. The van der Waals surface area contributed by atoms with Crippen molar-refractivity contribution in [3.8, 4) is 5.75 Å². The topological polar surface area (TPSA) is 84.5 Å². The van der Waals surface area contributed by atoms with Crippen LogP contribution in [0, 0.1) is 0 Å². The minimum Gasteiger partial charge on any atom is -0.497 e. The molecular weight excluding hydrogens is 388 g/mol. The molecule has 0 saturated heterocycles. The van der Waals surface area contributed by atoms with E-state index >= 15 is 0 Å². The maximum atomic E-state index is 12.6. The number of hydrogen-bond donors (Lipinski definition) is 2. The van der Waals surface area contributed by atoms with E-state index in [2.05, 4.69) is 10.0 Å². The number of sulfonamides is 1. The summed E-state index contributed by atoms with van der Waals surface area (Å²) in [7, 11) is -2.17. The Morgan fingerprint density at radius 3 is 2.24 bits per heavy atom. The number of nitrogens with one attached hydrogen (secondary N) is 2. The van der Waals surface area contributed by atoms with Crippen LogP contribution in [0.3, 0.4) is 0 Å². The molecule has 150 valence electrons. The number of para-hydroxylation sites is 1. The van der Waals surface area contributed by atoms with Crippen molar-refractivity contribution in [3.63, 3.8) is 0 Å². The fourth-order valence-electron chi connectivity index (χ4n) is 2.78. The summed E-state index contributed by atoms with van der Waals surface area (Å²) in [5, 5.41) is 2.84. The highest BCUT2D eigenvalue weighted by molar-refractivity contribution is 7.92. The molecule has 0 atom stereocenters. The van der Waals surface area contributed by atoms with E-state index in [-0.39, 0.29) is 22.1 Å². The van der Waals surface area contributed by atoms with Crippen LogP contribution in [0.15, 0.2) is 83.8 Å². The second-order valence-electron chi connectivity index (χ2n) is 6.32. The molecule has 0 heterocycles. The number of benzene rings is 3. The van der Waals surface area contributed by atoms with Gasteiger partial charge in [-0.2, -0.15) is 0 Å². The summed E-state index contributed by atoms with van der Waals surface area (Å²) >= 11 is 0. The van der Waals surface area contributed by atoms with Gasteiger partial charge in [-0.05, 0) is 48.4 Å². The van der Waals surface area contributed by atoms with Crippen LogP contribution >= 0.6 is 0 Å². The Morgan fingerprint density at radius 2 is 1.55 bits per heavy atom. The lowest BCUT2D eigenvalue weighted by molar-refractivity contribution is 0.0955. The maximum absolute atomic E-state index is 12.6. The number of carbonyl (C=O) groups excluding carboxylic acids is 1. The molecule has 3 aromatic rings. The Morgan fingerprint density at radius 1 is 0.897 bits per heavy atom. The minimum absolute atomic E-state index is 0.134. The standard InChI is InChI=1S/C22H22N2O4S/c1-28-18-13-11-17(12-14-18)15-16-23-22(25)20-9-5-6-10-21(20)24-29(26,27)19-7-3-2-4-8-19/h2-14,24H,15-16H2,1H3,(H,23,25). The summed E-state index contributed by atoms with van der Waals surface area (Å²) in [5.74, 6) is 0.433. The molecule has 0 aliphatic carbocycles.